The molecule has 0 fully saturated rings. The summed E-state index contributed by atoms with van der Waals surface area (Å²) in [5.41, 5.74) is 8.31. The van der Waals surface area contributed by atoms with Gasteiger partial charge in [0.2, 0.25) is 0 Å². The van der Waals surface area contributed by atoms with Crippen LogP contribution in [0.2, 0.25) is 10.0 Å². The fraction of sp³-hybridized carbons (Fsp3) is 0.130. The van der Waals surface area contributed by atoms with Crippen molar-refractivity contribution in [3.8, 4) is 0 Å². The van der Waals surface area contributed by atoms with Crippen LogP contribution in [0, 0.1) is 6.92 Å². The smallest absolute Gasteiger partial charge is 0.323 e. The van der Waals surface area contributed by atoms with E-state index in [4.69, 9.17) is 33.5 Å². The van der Waals surface area contributed by atoms with Gasteiger partial charge in [0.15, 0.2) is 0 Å². The highest BCUT2D eigenvalue weighted by Gasteiger charge is 2.10. The van der Waals surface area contributed by atoms with E-state index >= 15 is 0 Å². The lowest BCUT2D eigenvalue weighted by atomic mass is 10.1. The lowest BCUT2D eigenvalue weighted by Crippen LogP contribution is -2.22. The Kier molecular flexibility index (Phi) is 9.88. The van der Waals surface area contributed by atoms with E-state index in [1.807, 2.05) is 31.2 Å². The molecule has 0 atom stereocenters. The normalized spacial score (nSPS) is 10.6. The Balaban J connectivity index is 0.000000270. The van der Waals surface area contributed by atoms with Crippen LogP contribution >= 0.6 is 23.2 Å². The number of carbonyl (C=O) groups excluding carboxylic acids is 2. The molecular weight excluding hydrogens is 501 g/mol. The maximum atomic E-state index is 11.9. The Hall–Kier alpha value is -3.11. The van der Waals surface area contributed by atoms with Gasteiger partial charge in [-0.15, -0.1) is 0 Å². The van der Waals surface area contributed by atoms with E-state index in [1.54, 1.807) is 30.3 Å². The summed E-state index contributed by atoms with van der Waals surface area (Å²) < 4.78 is 29.4. The molecule has 0 aliphatic heterocycles. The van der Waals surface area contributed by atoms with Crippen LogP contribution in [0.1, 0.15) is 21.5 Å². The van der Waals surface area contributed by atoms with Gasteiger partial charge in [0.1, 0.15) is 0 Å². The third-order valence-electron chi connectivity index (χ3n) is 4.39. The largest absolute Gasteiger partial charge is 0.366 e. The minimum Gasteiger partial charge on any atom is -0.366 e. The van der Waals surface area contributed by atoms with Gasteiger partial charge in [-0.05, 0) is 49.2 Å². The third-order valence-corrected chi connectivity index (χ3v) is 5.85. The summed E-state index contributed by atoms with van der Waals surface area (Å²) in [5.74, 6) is -0.837. The van der Waals surface area contributed by atoms with E-state index in [0.717, 1.165) is 11.1 Å². The quantitative estimate of drug-likeness (QED) is 0.330. The lowest BCUT2D eigenvalue weighted by molar-refractivity contribution is 0.100. The predicted molar refractivity (Wildman–Crippen MR) is 135 cm³/mol. The molecule has 0 aliphatic carbocycles. The molecule has 0 unspecified atom stereocenters. The van der Waals surface area contributed by atoms with Crippen molar-refractivity contribution in [3.05, 3.63) is 93.5 Å². The number of nitrogens with one attached hydrogen (secondary N) is 2. The van der Waals surface area contributed by atoms with E-state index in [0.29, 0.717) is 27.8 Å². The number of urea groups is 1. The van der Waals surface area contributed by atoms with Crippen molar-refractivity contribution in [2.45, 2.75) is 13.3 Å². The van der Waals surface area contributed by atoms with Gasteiger partial charge in [-0.25, -0.2) is 4.79 Å². The van der Waals surface area contributed by atoms with Crippen LogP contribution in [0.25, 0.3) is 0 Å². The average molecular weight is 524 g/mol. The predicted octanol–water partition coefficient (Wildman–Crippen LogP) is 5.16. The standard InChI is InChI=1S/C14H11Cl2N3O2.C9H12O3S/c15-10-6-5-8(7-11(10)16)18-14(21)19-12-4-2-1-3-9(12)13(17)20;1-8-2-4-9(5-3-8)6-7-13(10,11)12/h1-7H,(H2,17,20)(H2,18,19,21);2-5H,6-7H2,1H3,(H,10,11,12). The fourth-order valence-corrected chi connectivity index (χ4v) is 3.46. The van der Waals surface area contributed by atoms with Gasteiger partial charge in [-0.2, -0.15) is 8.42 Å². The number of para-hydroxylation sites is 1. The van der Waals surface area contributed by atoms with Gasteiger partial charge in [0.05, 0.1) is 27.0 Å². The van der Waals surface area contributed by atoms with E-state index in [9.17, 15) is 18.0 Å². The molecule has 0 saturated carbocycles. The van der Waals surface area contributed by atoms with Crippen LogP contribution in [0.4, 0.5) is 16.2 Å². The number of rotatable bonds is 6. The number of hydrogen-bond acceptors (Lipinski definition) is 4. The number of halogens is 2. The summed E-state index contributed by atoms with van der Waals surface area (Å²) >= 11 is 11.7. The van der Waals surface area contributed by atoms with Crippen molar-refractivity contribution in [3.63, 3.8) is 0 Å². The first-order valence-electron chi connectivity index (χ1n) is 9.87. The van der Waals surface area contributed by atoms with Crippen LogP contribution in [-0.2, 0) is 16.5 Å². The highest BCUT2D eigenvalue weighted by atomic mass is 35.5. The lowest BCUT2D eigenvalue weighted by Gasteiger charge is -2.10. The summed E-state index contributed by atoms with van der Waals surface area (Å²) in [4.78, 5) is 23.2. The second kappa shape index (κ2) is 12.4. The number of benzene rings is 3. The third kappa shape index (κ3) is 9.40. The summed E-state index contributed by atoms with van der Waals surface area (Å²) in [5, 5.41) is 5.84. The van der Waals surface area contributed by atoms with E-state index in [-0.39, 0.29) is 11.3 Å². The Labute approximate surface area is 207 Å². The number of amides is 3. The summed E-state index contributed by atoms with van der Waals surface area (Å²) in [6, 6.07) is 18.2. The fourth-order valence-electron chi connectivity index (χ4n) is 2.67. The molecular formula is C23H23Cl2N3O5S. The van der Waals surface area contributed by atoms with E-state index in [1.165, 1.54) is 12.1 Å². The highest BCUT2D eigenvalue weighted by Crippen LogP contribution is 2.25. The second-order valence-corrected chi connectivity index (χ2v) is 9.53. The Bertz CT molecular complexity index is 1270. The molecule has 0 spiro atoms. The SMILES string of the molecule is Cc1ccc(CCS(=O)(=O)O)cc1.NC(=O)c1ccccc1NC(=O)Nc1ccc(Cl)c(Cl)c1. The topological polar surface area (TPSA) is 139 Å². The summed E-state index contributed by atoms with van der Waals surface area (Å²) in [6.45, 7) is 1.96. The van der Waals surface area contributed by atoms with Crippen LogP contribution in [0.3, 0.4) is 0 Å². The highest BCUT2D eigenvalue weighted by molar-refractivity contribution is 7.85. The van der Waals surface area contributed by atoms with Crippen molar-refractivity contribution in [1.82, 2.24) is 0 Å². The van der Waals surface area contributed by atoms with Gasteiger partial charge in [-0.3, -0.25) is 9.35 Å². The minimum atomic E-state index is -3.83. The monoisotopic (exact) mass is 523 g/mol. The number of aryl methyl sites for hydroxylation is 2. The second-order valence-electron chi connectivity index (χ2n) is 7.14. The summed E-state index contributed by atoms with van der Waals surface area (Å²) in [7, 11) is -3.83. The molecule has 180 valence electrons. The summed E-state index contributed by atoms with van der Waals surface area (Å²) in [6.07, 6.45) is 0.360. The zero-order valence-electron chi connectivity index (χ0n) is 18.1. The van der Waals surface area contributed by atoms with Crippen molar-refractivity contribution < 1.29 is 22.6 Å². The Morgan fingerprint density at radius 3 is 2.18 bits per heavy atom. The Morgan fingerprint density at radius 1 is 0.941 bits per heavy atom. The van der Waals surface area contributed by atoms with Gasteiger partial charge in [-0.1, -0.05) is 65.2 Å². The van der Waals surface area contributed by atoms with Crippen molar-refractivity contribution in [1.29, 1.82) is 0 Å². The maximum absolute atomic E-state index is 11.9. The minimum absolute atomic E-state index is 0.212. The van der Waals surface area contributed by atoms with Crippen LogP contribution in [0.5, 0.6) is 0 Å². The average Bonchev–Trinajstić information content (AvgIpc) is 2.76. The van der Waals surface area contributed by atoms with Crippen LogP contribution in [0.15, 0.2) is 66.7 Å². The molecule has 3 aromatic carbocycles. The first-order valence-corrected chi connectivity index (χ1v) is 12.2. The van der Waals surface area contributed by atoms with Crippen molar-refractivity contribution in [2.24, 2.45) is 5.73 Å². The number of primary amides is 1. The van der Waals surface area contributed by atoms with Crippen molar-refractivity contribution in [2.75, 3.05) is 16.4 Å². The molecule has 0 aromatic heterocycles. The van der Waals surface area contributed by atoms with Gasteiger partial charge in [0.25, 0.3) is 16.0 Å². The zero-order chi connectivity index (χ0) is 25.3. The molecule has 34 heavy (non-hydrogen) atoms. The molecule has 8 nitrogen and oxygen atoms in total. The van der Waals surface area contributed by atoms with Gasteiger partial charge >= 0.3 is 6.03 Å². The van der Waals surface area contributed by atoms with Gasteiger partial charge < -0.3 is 16.4 Å². The molecule has 3 rings (SSSR count). The van der Waals surface area contributed by atoms with Crippen molar-refractivity contribution >= 4 is 56.6 Å². The number of nitrogens with two attached hydrogens (primary N) is 1. The maximum Gasteiger partial charge on any atom is 0.323 e. The Morgan fingerprint density at radius 2 is 1.59 bits per heavy atom. The van der Waals surface area contributed by atoms with E-state index in [2.05, 4.69) is 10.6 Å². The molecule has 11 heteroatoms. The first-order chi connectivity index (χ1) is 15.9. The first kappa shape index (κ1) is 27.1. The molecule has 5 N–H and O–H groups in total. The van der Waals surface area contributed by atoms with Gasteiger partial charge in [0, 0.05) is 5.69 Å². The zero-order valence-corrected chi connectivity index (χ0v) is 20.4. The molecule has 0 heterocycles. The molecule has 3 amide bonds. The number of hydrogen-bond donors (Lipinski definition) is 4. The van der Waals surface area contributed by atoms with Crippen LogP contribution < -0.4 is 16.4 Å². The number of carbonyl (C=O) groups is 2. The van der Waals surface area contributed by atoms with E-state index < -0.39 is 22.1 Å². The number of anilines is 2. The molecule has 0 radical (unpaired) electrons. The molecule has 0 saturated heterocycles. The molecule has 0 aliphatic rings. The molecule has 3 aromatic rings. The van der Waals surface area contributed by atoms with Crippen LogP contribution in [-0.4, -0.2) is 30.7 Å². The molecule has 0 bridgehead atoms.